The molecule has 0 aromatic heterocycles. The molecule has 0 bridgehead atoms. The van der Waals surface area contributed by atoms with Crippen molar-refractivity contribution in [2.24, 2.45) is 0 Å². The van der Waals surface area contributed by atoms with E-state index < -0.39 is 6.04 Å². The second-order valence-electron chi connectivity index (χ2n) is 8.15. The van der Waals surface area contributed by atoms with E-state index in [1.807, 2.05) is 76.2 Å². The molecule has 1 aliphatic heterocycles. The number of carbonyl (C=O) groups excluding carboxylic acids is 2. The number of hydrogen-bond acceptors (Lipinski definition) is 2. The van der Waals surface area contributed by atoms with E-state index in [4.69, 9.17) is 0 Å². The Hall–Kier alpha value is -2.82. The van der Waals surface area contributed by atoms with E-state index in [-0.39, 0.29) is 17.5 Å². The summed E-state index contributed by atoms with van der Waals surface area (Å²) in [5, 5.41) is 5.94. The Morgan fingerprint density at radius 2 is 1.63 bits per heavy atom. The molecule has 142 valence electrons. The second kappa shape index (κ2) is 7.43. The molecule has 2 aromatic rings. The highest BCUT2D eigenvalue weighted by atomic mass is 16.2. The minimum atomic E-state index is -0.537. The van der Waals surface area contributed by atoms with Crippen molar-refractivity contribution in [2.45, 2.75) is 52.2 Å². The van der Waals surface area contributed by atoms with Crippen molar-refractivity contribution in [3.63, 3.8) is 0 Å². The number of benzene rings is 2. The Morgan fingerprint density at radius 3 is 2.26 bits per heavy atom. The van der Waals surface area contributed by atoms with Crippen LogP contribution in [0.15, 0.2) is 48.5 Å². The zero-order valence-corrected chi connectivity index (χ0v) is 16.4. The van der Waals surface area contributed by atoms with Crippen LogP contribution in [0, 0.1) is 6.92 Å². The largest absolute Gasteiger partial charge is 0.350 e. The lowest BCUT2D eigenvalue weighted by molar-refractivity contribution is -0.127. The standard InChI is InChI=1S/C22H27N3O2/c1-15-9-11-18(12-10-15)23-21(27)25-14-17-8-6-5-7-16(17)13-19(25)20(26)24-22(2,3)4/h5-12,19H,13-14H2,1-4H3,(H,23,27)(H,24,26)/t19-/m1/s1. The molecule has 3 rings (SSSR count). The van der Waals surface area contributed by atoms with E-state index in [0.717, 1.165) is 22.4 Å². The Balaban J connectivity index is 1.85. The zero-order chi connectivity index (χ0) is 19.6. The van der Waals surface area contributed by atoms with Gasteiger partial charge in [-0.15, -0.1) is 0 Å². The van der Waals surface area contributed by atoms with Crippen LogP contribution >= 0.6 is 0 Å². The number of amides is 3. The van der Waals surface area contributed by atoms with Crippen LogP contribution in [-0.2, 0) is 17.8 Å². The van der Waals surface area contributed by atoms with Gasteiger partial charge in [-0.25, -0.2) is 4.79 Å². The highest BCUT2D eigenvalue weighted by molar-refractivity contribution is 5.94. The van der Waals surface area contributed by atoms with Crippen LogP contribution in [0.1, 0.15) is 37.5 Å². The monoisotopic (exact) mass is 365 g/mol. The fourth-order valence-electron chi connectivity index (χ4n) is 3.26. The third-order valence-electron chi connectivity index (χ3n) is 4.61. The molecule has 1 aliphatic rings. The quantitative estimate of drug-likeness (QED) is 0.849. The molecule has 0 radical (unpaired) electrons. The predicted octanol–water partition coefficient (Wildman–Crippen LogP) is 3.87. The van der Waals surface area contributed by atoms with E-state index in [1.54, 1.807) is 4.90 Å². The number of hydrogen-bond donors (Lipinski definition) is 2. The molecule has 3 amide bonds. The van der Waals surface area contributed by atoms with Crippen molar-refractivity contribution in [3.05, 3.63) is 65.2 Å². The lowest BCUT2D eigenvalue weighted by Crippen LogP contribution is -2.56. The molecular formula is C22H27N3O2. The van der Waals surface area contributed by atoms with Gasteiger partial charge in [-0.3, -0.25) is 4.79 Å². The van der Waals surface area contributed by atoms with Crippen LogP contribution in [0.5, 0.6) is 0 Å². The van der Waals surface area contributed by atoms with Gasteiger partial charge in [0.2, 0.25) is 5.91 Å². The Kier molecular flexibility index (Phi) is 5.22. The van der Waals surface area contributed by atoms with Crippen LogP contribution in [0.3, 0.4) is 0 Å². The number of fused-ring (bicyclic) bond motifs is 1. The summed E-state index contributed by atoms with van der Waals surface area (Å²) in [6, 6.07) is 14.8. The van der Waals surface area contributed by atoms with Gasteiger partial charge < -0.3 is 15.5 Å². The third kappa shape index (κ3) is 4.67. The van der Waals surface area contributed by atoms with Crippen molar-refractivity contribution in [1.82, 2.24) is 10.2 Å². The first-order valence-corrected chi connectivity index (χ1v) is 9.26. The maximum absolute atomic E-state index is 13.0. The minimum absolute atomic E-state index is 0.129. The van der Waals surface area contributed by atoms with Crippen LogP contribution in [0.25, 0.3) is 0 Å². The topological polar surface area (TPSA) is 61.4 Å². The third-order valence-corrected chi connectivity index (χ3v) is 4.61. The predicted molar refractivity (Wildman–Crippen MR) is 108 cm³/mol. The van der Waals surface area contributed by atoms with Gasteiger partial charge >= 0.3 is 6.03 Å². The number of nitrogens with zero attached hydrogens (tertiary/aromatic N) is 1. The zero-order valence-electron chi connectivity index (χ0n) is 16.4. The summed E-state index contributed by atoms with van der Waals surface area (Å²) in [7, 11) is 0. The molecule has 0 unspecified atom stereocenters. The van der Waals surface area contributed by atoms with E-state index in [1.165, 1.54) is 0 Å². The van der Waals surface area contributed by atoms with Crippen LogP contribution in [0.4, 0.5) is 10.5 Å². The van der Waals surface area contributed by atoms with Gasteiger partial charge in [-0.1, -0.05) is 42.0 Å². The highest BCUT2D eigenvalue weighted by Crippen LogP contribution is 2.25. The molecule has 1 heterocycles. The maximum Gasteiger partial charge on any atom is 0.322 e. The molecule has 0 saturated carbocycles. The van der Waals surface area contributed by atoms with Crippen molar-refractivity contribution in [3.8, 4) is 0 Å². The molecule has 5 nitrogen and oxygen atoms in total. The molecule has 0 fully saturated rings. The summed E-state index contributed by atoms with van der Waals surface area (Å²) in [6.45, 7) is 8.24. The van der Waals surface area contributed by atoms with E-state index >= 15 is 0 Å². The highest BCUT2D eigenvalue weighted by Gasteiger charge is 2.35. The minimum Gasteiger partial charge on any atom is -0.350 e. The van der Waals surface area contributed by atoms with Crippen molar-refractivity contribution in [1.29, 1.82) is 0 Å². The van der Waals surface area contributed by atoms with Crippen LogP contribution < -0.4 is 10.6 Å². The fourth-order valence-corrected chi connectivity index (χ4v) is 3.26. The van der Waals surface area contributed by atoms with Crippen molar-refractivity contribution < 1.29 is 9.59 Å². The Morgan fingerprint density at radius 1 is 1.00 bits per heavy atom. The molecule has 5 heteroatoms. The lowest BCUT2D eigenvalue weighted by atomic mass is 9.93. The molecule has 27 heavy (non-hydrogen) atoms. The summed E-state index contributed by atoms with van der Waals surface area (Å²) in [4.78, 5) is 27.5. The van der Waals surface area contributed by atoms with E-state index in [2.05, 4.69) is 10.6 Å². The first-order valence-electron chi connectivity index (χ1n) is 9.26. The molecular weight excluding hydrogens is 338 g/mol. The summed E-state index contributed by atoms with van der Waals surface area (Å²) in [5.41, 5.74) is 3.69. The van der Waals surface area contributed by atoms with Crippen LogP contribution in [0.2, 0.25) is 0 Å². The average Bonchev–Trinajstić information content (AvgIpc) is 2.61. The SMILES string of the molecule is Cc1ccc(NC(=O)N2Cc3ccccc3C[C@@H]2C(=O)NC(C)(C)C)cc1. The maximum atomic E-state index is 13.0. The normalized spacial score (nSPS) is 16.4. The Labute approximate surface area is 160 Å². The van der Waals surface area contributed by atoms with E-state index in [0.29, 0.717) is 13.0 Å². The number of rotatable bonds is 2. The van der Waals surface area contributed by atoms with Gasteiger partial charge in [0, 0.05) is 24.2 Å². The molecule has 0 aliphatic carbocycles. The fraction of sp³-hybridized carbons (Fsp3) is 0.364. The number of nitrogens with one attached hydrogen (secondary N) is 2. The van der Waals surface area contributed by atoms with Gasteiger partial charge in [0.15, 0.2) is 0 Å². The van der Waals surface area contributed by atoms with Crippen molar-refractivity contribution >= 4 is 17.6 Å². The van der Waals surface area contributed by atoms with Gasteiger partial charge in [0.25, 0.3) is 0 Å². The smallest absolute Gasteiger partial charge is 0.322 e. The number of carbonyl (C=O) groups is 2. The average molecular weight is 365 g/mol. The summed E-state index contributed by atoms with van der Waals surface area (Å²) < 4.78 is 0. The van der Waals surface area contributed by atoms with Gasteiger partial charge in [0.05, 0.1) is 0 Å². The summed E-state index contributed by atoms with van der Waals surface area (Å²) in [5.74, 6) is -0.129. The van der Waals surface area contributed by atoms with E-state index in [9.17, 15) is 9.59 Å². The summed E-state index contributed by atoms with van der Waals surface area (Å²) in [6.07, 6.45) is 0.513. The lowest BCUT2D eigenvalue weighted by Gasteiger charge is -2.37. The van der Waals surface area contributed by atoms with Gasteiger partial charge in [-0.2, -0.15) is 0 Å². The number of urea groups is 1. The van der Waals surface area contributed by atoms with Crippen molar-refractivity contribution in [2.75, 3.05) is 5.32 Å². The van der Waals surface area contributed by atoms with Gasteiger partial charge in [-0.05, 0) is 51.0 Å². The molecule has 2 aromatic carbocycles. The molecule has 0 saturated heterocycles. The Bertz CT molecular complexity index is 837. The molecule has 2 N–H and O–H groups in total. The first kappa shape index (κ1) is 19.0. The summed E-state index contributed by atoms with van der Waals surface area (Å²) >= 11 is 0. The van der Waals surface area contributed by atoms with Gasteiger partial charge in [0.1, 0.15) is 6.04 Å². The molecule has 1 atom stereocenters. The second-order valence-corrected chi connectivity index (χ2v) is 8.15. The molecule has 0 spiro atoms. The van der Waals surface area contributed by atoms with Crippen LogP contribution in [-0.4, -0.2) is 28.4 Å². The number of aryl methyl sites for hydroxylation is 1. The number of anilines is 1. The first-order chi connectivity index (χ1) is 12.7.